The van der Waals surface area contributed by atoms with E-state index >= 15 is 0 Å². The molecule has 2 aromatic heterocycles. The zero-order valence-electron chi connectivity index (χ0n) is 10.2. The van der Waals surface area contributed by atoms with E-state index in [1.54, 1.807) is 17.4 Å². The molecule has 0 radical (unpaired) electrons. The molecule has 0 unspecified atom stereocenters. The molecule has 0 aliphatic rings. The van der Waals surface area contributed by atoms with Crippen LogP contribution < -0.4 is 11.1 Å². The summed E-state index contributed by atoms with van der Waals surface area (Å²) < 4.78 is 0. The monoisotopic (exact) mass is 278 g/mol. The van der Waals surface area contributed by atoms with Crippen molar-refractivity contribution in [1.29, 1.82) is 0 Å². The molecule has 0 fully saturated rings. The standard InChI is InChI=1S/C12H14N4S2/c1-3-8-7(2)18-12(15-8)16-10-6-4-5-9(14-10)11(13)17/h4-6H,3H2,1-2H3,(H2,13,17)(H,14,15,16). The van der Waals surface area contributed by atoms with Crippen molar-refractivity contribution in [3.05, 3.63) is 34.5 Å². The van der Waals surface area contributed by atoms with Crippen LogP contribution in [0.1, 0.15) is 23.2 Å². The Hall–Kier alpha value is -1.53. The number of rotatable bonds is 4. The van der Waals surface area contributed by atoms with Crippen molar-refractivity contribution >= 4 is 39.5 Å². The number of hydrogen-bond acceptors (Lipinski definition) is 5. The molecule has 2 rings (SSSR count). The predicted octanol–water partition coefficient (Wildman–Crippen LogP) is 2.79. The molecule has 0 saturated heterocycles. The average Bonchev–Trinajstić information content (AvgIpc) is 2.69. The van der Waals surface area contributed by atoms with Crippen molar-refractivity contribution in [2.24, 2.45) is 5.73 Å². The Kier molecular flexibility index (Phi) is 3.88. The van der Waals surface area contributed by atoms with Gasteiger partial charge in [0.2, 0.25) is 0 Å². The largest absolute Gasteiger partial charge is 0.388 e. The fourth-order valence-electron chi connectivity index (χ4n) is 1.56. The Morgan fingerprint density at radius 2 is 2.22 bits per heavy atom. The van der Waals surface area contributed by atoms with Crippen LogP contribution in [0.15, 0.2) is 18.2 Å². The summed E-state index contributed by atoms with van der Waals surface area (Å²) in [4.78, 5) is 10.3. The van der Waals surface area contributed by atoms with E-state index in [9.17, 15) is 0 Å². The van der Waals surface area contributed by atoms with Crippen LogP contribution in [0.5, 0.6) is 0 Å². The minimum absolute atomic E-state index is 0.295. The van der Waals surface area contributed by atoms with E-state index in [4.69, 9.17) is 18.0 Å². The molecule has 2 aromatic rings. The van der Waals surface area contributed by atoms with Gasteiger partial charge in [-0.3, -0.25) is 0 Å². The molecule has 4 nitrogen and oxygen atoms in total. The minimum Gasteiger partial charge on any atom is -0.388 e. The number of thiocarbonyl (C=S) groups is 1. The lowest BCUT2D eigenvalue weighted by Crippen LogP contribution is -2.12. The number of anilines is 2. The fraction of sp³-hybridized carbons (Fsp3) is 0.250. The van der Waals surface area contributed by atoms with E-state index in [-0.39, 0.29) is 0 Å². The lowest BCUT2D eigenvalue weighted by atomic mass is 10.3. The summed E-state index contributed by atoms with van der Waals surface area (Å²) in [6, 6.07) is 5.52. The summed E-state index contributed by atoms with van der Waals surface area (Å²) in [5, 5.41) is 4.02. The first-order valence-corrected chi connectivity index (χ1v) is 6.82. The van der Waals surface area contributed by atoms with Gasteiger partial charge in [0, 0.05) is 4.88 Å². The second kappa shape index (κ2) is 5.41. The van der Waals surface area contributed by atoms with Gasteiger partial charge in [-0.05, 0) is 25.5 Å². The van der Waals surface area contributed by atoms with Crippen LogP contribution >= 0.6 is 23.6 Å². The van der Waals surface area contributed by atoms with Gasteiger partial charge < -0.3 is 11.1 Å². The van der Waals surface area contributed by atoms with Crippen molar-refractivity contribution in [1.82, 2.24) is 9.97 Å². The highest BCUT2D eigenvalue weighted by Crippen LogP contribution is 2.24. The third-order valence-electron chi connectivity index (χ3n) is 2.46. The van der Waals surface area contributed by atoms with Crippen LogP contribution in [0.3, 0.4) is 0 Å². The Balaban J connectivity index is 2.22. The zero-order chi connectivity index (χ0) is 13.1. The first-order chi connectivity index (χ1) is 8.60. The van der Waals surface area contributed by atoms with Crippen LogP contribution in [-0.4, -0.2) is 15.0 Å². The molecular weight excluding hydrogens is 264 g/mol. The van der Waals surface area contributed by atoms with Gasteiger partial charge in [-0.25, -0.2) is 9.97 Å². The van der Waals surface area contributed by atoms with Gasteiger partial charge in [0.25, 0.3) is 0 Å². The maximum Gasteiger partial charge on any atom is 0.188 e. The van der Waals surface area contributed by atoms with Gasteiger partial charge in [-0.15, -0.1) is 11.3 Å². The second-order valence-electron chi connectivity index (χ2n) is 3.77. The summed E-state index contributed by atoms with van der Waals surface area (Å²) in [6.07, 6.45) is 0.935. The smallest absolute Gasteiger partial charge is 0.188 e. The van der Waals surface area contributed by atoms with E-state index in [2.05, 4.69) is 29.1 Å². The quantitative estimate of drug-likeness (QED) is 0.842. The van der Waals surface area contributed by atoms with Crippen LogP contribution in [0.2, 0.25) is 0 Å². The first kappa shape index (κ1) is 12.9. The van der Waals surface area contributed by atoms with Crippen LogP contribution in [-0.2, 0) is 6.42 Å². The number of thiazole rings is 1. The summed E-state index contributed by atoms with van der Waals surface area (Å²) in [5.41, 5.74) is 7.28. The molecule has 0 spiro atoms. The molecule has 0 saturated carbocycles. The van der Waals surface area contributed by atoms with Crippen molar-refractivity contribution in [2.45, 2.75) is 20.3 Å². The fourth-order valence-corrected chi connectivity index (χ4v) is 2.58. The van der Waals surface area contributed by atoms with Crippen molar-refractivity contribution in [3.63, 3.8) is 0 Å². The maximum absolute atomic E-state index is 5.55. The average molecular weight is 278 g/mol. The zero-order valence-corrected chi connectivity index (χ0v) is 11.9. The van der Waals surface area contributed by atoms with Gasteiger partial charge in [0.05, 0.1) is 11.4 Å². The SMILES string of the molecule is CCc1nc(Nc2cccc(C(N)=S)n2)sc1C. The Bertz CT molecular complexity index is 577. The number of hydrogen-bond donors (Lipinski definition) is 2. The lowest BCUT2D eigenvalue weighted by Gasteiger charge is -2.03. The van der Waals surface area contributed by atoms with Crippen molar-refractivity contribution < 1.29 is 0 Å². The third kappa shape index (κ3) is 2.83. The highest BCUT2D eigenvalue weighted by molar-refractivity contribution is 7.80. The first-order valence-electron chi connectivity index (χ1n) is 5.60. The summed E-state index contributed by atoms with van der Waals surface area (Å²) >= 11 is 6.53. The van der Waals surface area contributed by atoms with Crippen LogP contribution in [0.4, 0.5) is 10.9 Å². The highest BCUT2D eigenvalue weighted by atomic mass is 32.1. The van der Waals surface area contributed by atoms with Gasteiger partial charge >= 0.3 is 0 Å². The number of nitrogens with zero attached hydrogens (tertiary/aromatic N) is 2. The van der Waals surface area contributed by atoms with E-state index in [0.29, 0.717) is 16.5 Å². The summed E-state index contributed by atoms with van der Waals surface area (Å²) in [7, 11) is 0. The Morgan fingerprint density at radius 3 is 2.83 bits per heavy atom. The third-order valence-corrected chi connectivity index (χ3v) is 3.60. The van der Waals surface area contributed by atoms with Crippen LogP contribution in [0.25, 0.3) is 0 Å². The Labute approximate surface area is 115 Å². The van der Waals surface area contributed by atoms with Gasteiger partial charge in [-0.1, -0.05) is 25.2 Å². The second-order valence-corrected chi connectivity index (χ2v) is 5.42. The van der Waals surface area contributed by atoms with Crippen molar-refractivity contribution in [3.8, 4) is 0 Å². The maximum atomic E-state index is 5.55. The topological polar surface area (TPSA) is 63.8 Å². The number of pyridine rings is 1. The van der Waals surface area contributed by atoms with Gasteiger partial charge in [0.15, 0.2) is 5.13 Å². The normalized spacial score (nSPS) is 10.3. The minimum atomic E-state index is 0.295. The molecular formula is C12H14N4S2. The van der Waals surface area contributed by atoms with E-state index in [1.165, 1.54) is 4.88 Å². The number of aryl methyl sites for hydroxylation is 2. The van der Waals surface area contributed by atoms with Gasteiger partial charge in [-0.2, -0.15) is 0 Å². The Morgan fingerprint density at radius 1 is 1.44 bits per heavy atom. The molecule has 2 heterocycles. The van der Waals surface area contributed by atoms with Gasteiger partial charge in [0.1, 0.15) is 10.8 Å². The number of aromatic nitrogens is 2. The summed E-state index contributed by atoms with van der Waals surface area (Å²) in [5.74, 6) is 0.705. The highest BCUT2D eigenvalue weighted by Gasteiger charge is 2.07. The molecule has 0 atom stereocenters. The number of nitrogens with two attached hydrogens (primary N) is 1. The molecule has 6 heteroatoms. The molecule has 0 amide bonds. The predicted molar refractivity (Wildman–Crippen MR) is 79.6 cm³/mol. The lowest BCUT2D eigenvalue weighted by molar-refractivity contribution is 1.04. The van der Waals surface area contributed by atoms with Crippen molar-refractivity contribution in [2.75, 3.05) is 5.32 Å². The molecule has 0 aromatic carbocycles. The van der Waals surface area contributed by atoms with Crippen LogP contribution in [0, 0.1) is 6.92 Å². The molecule has 3 N–H and O–H groups in total. The molecule has 18 heavy (non-hydrogen) atoms. The molecule has 0 bridgehead atoms. The van der Waals surface area contributed by atoms with E-state index < -0.39 is 0 Å². The van der Waals surface area contributed by atoms with E-state index in [1.807, 2.05) is 12.1 Å². The summed E-state index contributed by atoms with van der Waals surface area (Å²) in [6.45, 7) is 4.16. The molecule has 0 aliphatic heterocycles. The molecule has 94 valence electrons. The molecule has 0 aliphatic carbocycles. The number of nitrogens with one attached hydrogen (secondary N) is 1. The van der Waals surface area contributed by atoms with E-state index in [0.717, 1.165) is 17.2 Å².